The molecule has 0 radical (unpaired) electrons. The van der Waals surface area contributed by atoms with Crippen LogP contribution in [-0.2, 0) is 0 Å². The zero-order valence-corrected chi connectivity index (χ0v) is 9.43. The summed E-state index contributed by atoms with van der Waals surface area (Å²) < 4.78 is 5.60. The number of nitrogens with zero attached hydrogens (tertiary/aromatic N) is 4. The summed E-state index contributed by atoms with van der Waals surface area (Å²) in [5.74, 6) is 0. The van der Waals surface area contributed by atoms with Gasteiger partial charge in [-0.3, -0.25) is 0 Å². The first-order chi connectivity index (χ1) is 6.34. The van der Waals surface area contributed by atoms with Gasteiger partial charge < -0.3 is 0 Å². The second kappa shape index (κ2) is 4.12. The Morgan fingerprint density at radius 2 is 2.00 bits per heavy atom. The Kier molecular flexibility index (Phi) is 2.87. The molecule has 2 aromatic heterocycles. The lowest BCUT2D eigenvalue weighted by molar-refractivity contribution is 0.956. The standard InChI is InChI=1S/C6H3BrN4S2/c7-4-1-8-5(9-2-4)12-6-10-3-11-13-6/h1-3H. The molecule has 66 valence electrons. The molecule has 0 fully saturated rings. The number of hydrogen-bond donors (Lipinski definition) is 0. The normalized spacial score (nSPS) is 10.2. The van der Waals surface area contributed by atoms with Crippen LogP contribution in [-0.4, -0.2) is 19.3 Å². The molecule has 2 heterocycles. The second-order valence-corrected chi connectivity index (χ2v) is 4.90. The molecule has 0 unspecified atom stereocenters. The minimum absolute atomic E-state index is 0.681. The fourth-order valence-electron chi connectivity index (χ4n) is 0.639. The van der Waals surface area contributed by atoms with Crippen LogP contribution in [0.3, 0.4) is 0 Å². The van der Waals surface area contributed by atoms with Crippen LogP contribution in [0, 0.1) is 0 Å². The summed E-state index contributed by atoms with van der Waals surface area (Å²) in [4.78, 5) is 12.2. The summed E-state index contributed by atoms with van der Waals surface area (Å²) >= 11 is 6.00. The SMILES string of the molecule is Brc1cnc(Sc2ncns2)nc1. The van der Waals surface area contributed by atoms with E-state index in [0.29, 0.717) is 5.16 Å². The van der Waals surface area contributed by atoms with Gasteiger partial charge in [-0.1, -0.05) is 0 Å². The number of aromatic nitrogens is 4. The summed E-state index contributed by atoms with van der Waals surface area (Å²) in [5.41, 5.74) is 0. The molecule has 0 N–H and O–H groups in total. The molecule has 2 aromatic rings. The molecule has 0 spiro atoms. The summed E-state index contributed by atoms with van der Waals surface area (Å²) in [7, 11) is 0. The van der Waals surface area contributed by atoms with Crippen LogP contribution >= 0.6 is 39.2 Å². The van der Waals surface area contributed by atoms with Crippen molar-refractivity contribution in [2.24, 2.45) is 0 Å². The first kappa shape index (κ1) is 9.04. The van der Waals surface area contributed by atoms with Gasteiger partial charge in [0.15, 0.2) is 9.50 Å². The molecule has 13 heavy (non-hydrogen) atoms. The van der Waals surface area contributed by atoms with Crippen LogP contribution in [0.2, 0.25) is 0 Å². The van der Waals surface area contributed by atoms with E-state index < -0.39 is 0 Å². The molecule has 0 aliphatic rings. The zero-order chi connectivity index (χ0) is 9.10. The molecule has 7 heteroatoms. The molecule has 0 saturated heterocycles. The first-order valence-corrected chi connectivity index (χ1v) is 5.65. The molecule has 0 aliphatic heterocycles. The van der Waals surface area contributed by atoms with Crippen molar-refractivity contribution in [3.8, 4) is 0 Å². The topological polar surface area (TPSA) is 51.6 Å². The van der Waals surface area contributed by atoms with E-state index in [2.05, 4.69) is 35.3 Å². The van der Waals surface area contributed by atoms with E-state index in [9.17, 15) is 0 Å². The lowest BCUT2D eigenvalue weighted by Crippen LogP contribution is -1.83. The molecule has 0 saturated carbocycles. The van der Waals surface area contributed by atoms with E-state index in [1.54, 1.807) is 12.4 Å². The van der Waals surface area contributed by atoms with Crippen molar-refractivity contribution in [1.29, 1.82) is 0 Å². The van der Waals surface area contributed by atoms with E-state index in [1.807, 2.05) is 0 Å². The predicted octanol–water partition coefficient (Wildman–Crippen LogP) is 2.24. The van der Waals surface area contributed by atoms with Crippen LogP contribution in [0.1, 0.15) is 0 Å². The van der Waals surface area contributed by atoms with Gasteiger partial charge in [0.05, 0.1) is 4.47 Å². The third-order valence-corrected chi connectivity index (χ3v) is 3.13. The molecule has 0 amide bonds. The number of hydrogen-bond acceptors (Lipinski definition) is 6. The fraction of sp³-hybridized carbons (Fsp3) is 0. The summed E-state index contributed by atoms with van der Waals surface area (Å²) in [6.07, 6.45) is 4.93. The highest BCUT2D eigenvalue weighted by atomic mass is 79.9. The largest absolute Gasteiger partial charge is 0.230 e. The van der Waals surface area contributed by atoms with E-state index in [4.69, 9.17) is 0 Å². The Morgan fingerprint density at radius 1 is 1.23 bits per heavy atom. The quantitative estimate of drug-likeness (QED) is 0.787. The maximum atomic E-state index is 4.10. The lowest BCUT2D eigenvalue weighted by Gasteiger charge is -1.93. The van der Waals surface area contributed by atoms with Gasteiger partial charge >= 0.3 is 0 Å². The van der Waals surface area contributed by atoms with Crippen LogP contribution in [0.5, 0.6) is 0 Å². The molecule has 0 bridgehead atoms. The molecular weight excluding hydrogens is 272 g/mol. The van der Waals surface area contributed by atoms with E-state index >= 15 is 0 Å². The molecule has 0 aromatic carbocycles. The van der Waals surface area contributed by atoms with Crippen molar-refractivity contribution in [2.45, 2.75) is 9.50 Å². The van der Waals surface area contributed by atoms with Crippen molar-refractivity contribution in [3.05, 3.63) is 23.2 Å². The van der Waals surface area contributed by atoms with Crippen LogP contribution in [0.4, 0.5) is 0 Å². The van der Waals surface area contributed by atoms with E-state index in [1.165, 1.54) is 29.6 Å². The maximum Gasteiger partial charge on any atom is 0.194 e. The fourth-order valence-corrected chi connectivity index (χ4v) is 2.09. The minimum Gasteiger partial charge on any atom is -0.230 e. The Bertz CT molecular complexity index is 374. The van der Waals surface area contributed by atoms with Gasteiger partial charge in [-0.25, -0.2) is 15.0 Å². The Labute approximate surface area is 91.1 Å². The highest BCUT2D eigenvalue weighted by molar-refractivity contribution is 9.10. The summed E-state index contributed by atoms with van der Waals surface area (Å²) in [5, 5.41) is 0.681. The van der Waals surface area contributed by atoms with Gasteiger partial charge in [0.2, 0.25) is 0 Å². The van der Waals surface area contributed by atoms with Crippen molar-refractivity contribution >= 4 is 39.2 Å². The maximum absolute atomic E-state index is 4.10. The van der Waals surface area contributed by atoms with Crippen molar-refractivity contribution in [3.63, 3.8) is 0 Å². The van der Waals surface area contributed by atoms with Crippen LogP contribution in [0.25, 0.3) is 0 Å². The third kappa shape index (κ3) is 2.45. The highest BCUT2D eigenvalue weighted by Gasteiger charge is 2.02. The minimum atomic E-state index is 0.681. The molecule has 4 nitrogen and oxygen atoms in total. The Hall–Kier alpha value is -0.530. The van der Waals surface area contributed by atoms with Crippen LogP contribution < -0.4 is 0 Å². The Balaban J connectivity index is 2.15. The predicted molar refractivity (Wildman–Crippen MR) is 53.8 cm³/mol. The molecule has 0 atom stereocenters. The third-order valence-electron chi connectivity index (χ3n) is 1.12. The van der Waals surface area contributed by atoms with Gasteiger partial charge in [-0.15, -0.1) is 0 Å². The average Bonchev–Trinajstić information content (AvgIpc) is 2.62. The smallest absolute Gasteiger partial charge is 0.194 e. The van der Waals surface area contributed by atoms with Gasteiger partial charge in [-0.2, -0.15) is 4.37 Å². The van der Waals surface area contributed by atoms with Crippen molar-refractivity contribution in [2.75, 3.05) is 0 Å². The first-order valence-electron chi connectivity index (χ1n) is 3.26. The average molecular weight is 275 g/mol. The van der Waals surface area contributed by atoms with Gasteiger partial charge in [-0.05, 0) is 39.2 Å². The van der Waals surface area contributed by atoms with E-state index in [0.717, 1.165) is 8.81 Å². The highest BCUT2D eigenvalue weighted by Crippen LogP contribution is 2.24. The van der Waals surface area contributed by atoms with Gasteiger partial charge in [0.25, 0.3) is 0 Å². The van der Waals surface area contributed by atoms with Gasteiger partial charge in [0, 0.05) is 12.4 Å². The zero-order valence-electron chi connectivity index (χ0n) is 6.22. The van der Waals surface area contributed by atoms with Crippen molar-refractivity contribution < 1.29 is 0 Å². The monoisotopic (exact) mass is 274 g/mol. The Morgan fingerprint density at radius 3 is 2.62 bits per heavy atom. The number of halogens is 1. The summed E-state index contributed by atoms with van der Waals surface area (Å²) in [6, 6.07) is 0. The second-order valence-electron chi connectivity index (χ2n) is 1.99. The molecule has 0 aliphatic carbocycles. The molecule has 2 rings (SSSR count). The molecular formula is C6H3BrN4S2. The van der Waals surface area contributed by atoms with Crippen LogP contribution in [0.15, 0.2) is 32.7 Å². The van der Waals surface area contributed by atoms with Gasteiger partial charge in [0.1, 0.15) is 6.33 Å². The summed E-state index contributed by atoms with van der Waals surface area (Å²) in [6.45, 7) is 0. The van der Waals surface area contributed by atoms with Crippen molar-refractivity contribution in [1.82, 2.24) is 19.3 Å². The van der Waals surface area contributed by atoms with E-state index in [-0.39, 0.29) is 0 Å². The number of rotatable bonds is 2. The lowest BCUT2D eigenvalue weighted by atomic mass is 10.7.